The van der Waals surface area contributed by atoms with Crippen LogP contribution in [0.3, 0.4) is 0 Å². The molecule has 6 heteroatoms. The second-order valence-corrected chi connectivity index (χ2v) is 6.61. The fourth-order valence-electron chi connectivity index (χ4n) is 3.10. The van der Waals surface area contributed by atoms with Crippen molar-refractivity contribution >= 4 is 5.97 Å². The van der Waals surface area contributed by atoms with E-state index in [1.807, 2.05) is 25.5 Å². The number of hydrogen-bond donors (Lipinski definition) is 0. The molecular weight excluding hydrogens is 294 g/mol. The van der Waals surface area contributed by atoms with Crippen LogP contribution in [-0.4, -0.2) is 59.6 Å². The Bertz CT molecular complexity index is 539. The summed E-state index contributed by atoms with van der Waals surface area (Å²) in [4.78, 5) is 14.7. The van der Waals surface area contributed by atoms with Gasteiger partial charge in [0.25, 0.3) is 0 Å². The molecule has 0 aromatic carbocycles. The maximum Gasteiger partial charge on any atom is 0.341 e. The van der Waals surface area contributed by atoms with Crippen LogP contribution in [0.4, 0.5) is 0 Å². The number of morpholine rings is 1. The summed E-state index contributed by atoms with van der Waals surface area (Å²) in [7, 11) is 0. The van der Waals surface area contributed by atoms with Gasteiger partial charge in [0.05, 0.1) is 18.0 Å². The first-order valence-electron chi connectivity index (χ1n) is 8.47. The highest BCUT2D eigenvalue weighted by atomic mass is 16.6. The molecule has 1 aromatic rings. The minimum absolute atomic E-state index is 0.0479. The summed E-state index contributed by atoms with van der Waals surface area (Å²) in [6.45, 7) is 14.7. The lowest BCUT2D eigenvalue weighted by Gasteiger charge is -2.33. The average molecular weight is 323 g/mol. The van der Waals surface area contributed by atoms with Crippen LogP contribution in [0.2, 0.25) is 0 Å². The van der Waals surface area contributed by atoms with E-state index >= 15 is 0 Å². The molecule has 0 radical (unpaired) electrons. The van der Waals surface area contributed by atoms with E-state index in [2.05, 4.69) is 23.8 Å². The van der Waals surface area contributed by atoms with Crippen LogP contribution in [0.5, 0.6) is 0 Å². The quantitative estimate of drug-likeness (QED) is 0.750. The molecule has 0 unspecified atom stereocenters. The van der Waals surface area contributed by atoms with E-state index in [4.69, 9.17) is 9.47 Å². The standard InChI is InChI=1S/C17H29N3O3/c1-6-20-14(5)16(13(4)18-20)17(21)23-11-15-10-19(7-8-22-15)9-12(2)3/h12,15H,6-11H2,1-5H3/t15-/m0/s1. The van der Waals surface area contributed by atoms with Crippen molar-refractivity contribution in [1.82, 2.24) is 14.7 Å². The highest BCUT2D eigenvalue weighted by molar-refractivity contribution is 5.91. The first-order chi connectivity index (χ1) is 10.9. The van der Waals surface area contributed by atoms with Gasteiger partial charge in [-0.2, -0.15) is 5.10 Å². The highest BCUT2D eigenvalue weighted by Gasteiger charge is 2.24. The molecule has 0 bridgehead atoms. The molecule has 1 aromatic heterocycles. The largest absolute Gasteiger partial charge is 0.459 e. The Kier molecular flexibility index (Phi) is 6.18. The molecule has 1 saturated heterocycles. The van der Waals surface area contributed by atoms with E-state index in [0.717, 1.165) is 37.6 Å². The predicted octanol–water partition coefficient (Wildman–Crippen LogP) is 2.03. The third-order valence-electron chi connectivity index (χ3n) is 4.13. The Morgan fingerprint density at radius 3 is 2.78 bits per heavy atom. The lowest BCUT2D eigenvalue weighted by molar-refractivity contribution is -0.0612. The van der Waals surface area contributed by atoms with Crippen molar-refractivity contribution in [3.05, 3.63) is 17.0 Å². The van der Waals surface area contributed by atoms with Crippen molar-refractivity contribution in [1.29, 1.82) is 0 Å². The summed E-state index contributed by atoms with van der Waals surface area (Å²) in [5.74, 6) is 0.325. The van der Waals surface area contributed by atoms with Gasteiger partial charge in [-0.3, -0.25) is 9.58 Å². The Hall–Kier alpha value is -1.40. The first-order valence-corrected chi connectivity index (χ1v) is 8.47. The Balaban J connectivity index is 1.90. The van der Waals surface area contributed by atoms with Gasteiger partial charge in [0.15, 0.2) is 0 Å². The lowest BCUT2D eigenvalue weighted by atomic mass is 10.2. The average Bonchev–Trinajstić information content (AvgIpc) is 2.79. The molecule has 1 atom stereocenters. The highest BCUT2D eigenvalue weighted by Crippen LogP contribution is 2.15. The molecule has 1 aliphatic heterocycles. The molecule has 0 N–H and O–H groups in total. The molecular formula is C17H29N3O3. The molecule has 1 aliphatic rings. The number of rotatable bonds is 6. The van der Waals surface area contributed by atoms with Crippen molar-refractivity contribution < 1.29 is 14.3 Å². The van der Waals surface area contributed by atoms with E-state index < -0.39 is 0 Å². The number of hydrogen-bond acceptors (Lipinski definition) is 5. The van der Waals surface area contributed by atoms with Gasteiger partial charge in [-0.05, 0) is 26.7 Å². The van der Waals surface area contributed by atoms with Gasteiger partial charge in [0, 0.05) is 26.2 Å². The number of esters is 1. The number of nitrogens with zero attached hydrogens (tertiary/aromatic N) is 3. The first kappa shape index (κ1) is 17.9. The second kappa shape index (κ2) is 7.93. The summed E-state index contributed by atoms with van der Waals surface area (Å²) in [6.07, 6.45) is -0.0479. The number of aromatic nitrogens is 2. The molecule has 0 spiro atoms. The van der Waals surface area contributed by atoms with Crippen LogP contribution in [0.25, 0.3) is 0 Å². The van der Waals surface area contributed by atoms with Crippen LogP contribution in [-0.2, 0) is 16.0 Å². The fourth-order valence-corrected chi connectivity index (χ4v) is 3.10. The summed E-state index contributed by atoms with van der Waals surface area (Å²) in [5.41, 5.74) is 2.17. The van der Waals surface area contributed by atoms with E-state index in [9.17, 15) is 4.79 Å². The van der Waals surface area contributed by atoms with Gasteiger partial charge in [-0.25, -0.2) is 4.79 Å². The van der Waals surface area contributed by atoms with Gasteiger partial charge in [0.2, 0.25) is 0 Å². The van der Waals surface area contributed by atoms with Crippen molar-refractivity contribution in [3.8, 4) is 0 Å². The minimum atomic E-state index is -0.302. The van der Waals surface area contributed by atoms with E-state index in [-0.39, 0.29) is 12.1 Å². The van der Waals surface area contributed by atoms with Gasteiger partial charge in [-0.1, -0.05) is 13.8 Å². The van der Waals surface area contributed by atoms with Crippen LogP contribution in [0.1, 0.15) is 42.5 Å². The zero-order chi connectivity index (χ0) is 17.0. The number of carbonyl (C=O) groups excluding carboxylic acids is 1. The van der Waals surface area contributed by atoms with Gasteiger partial charge < -0.3 is 9.47 Å². The van der Waals surface area contributed by atoms with Crippen LogP contribution >= 0.6 is 0 Å². The predicted molar refractivity (Wildman–Crippen MR) is 88.7 cm³/mol. The van der Waals surface area contributed by atoms with Gasteiger partial charge in [0.1, 0.15) is 18.3 Å². The summed E-state index contributed by atoms with van der Waals surface area (Å²) < 4.78 is 13.0. The molecule has 130 valence electrons. The minimum Gasteiger partial charge on any atom is -0.459 e. The molecule has 23 heavy (non-hydrogen) atoms. The number of aryl methyl sites for hydroxylation is 2. The zero-order valence-electron chi connectivity index (χ0n) is 15.0. The van der Waals surface area contributed by atoms with Crippen molar-refractivity contribution in [2.45, 2.75) is 47.3 Å². The monoisotopic (exact) mass is 323 g/mol. The van der Waals surface area contributed by atoms with Crippen molar-refractivity contribution in [2.24, 2.45) is 5.92 Å². The molecule has 2 heterocycles. The third kappa shape index (κ3) is 4.54. The molecule has 0 amide bonds. The maximum atomic E-state index is 12.4. The molecule has 0 aliphatic carbocycles. The Morgan fingerprint density at radius 1 is 1.43 bits per heavy atom. The maximum absolute atomic E-state index is 12.4. The molecule has 2 rings (SSSR count). The summed E-state index contributed by atoms with van der Waals surface area (Å²) >= 11 is 0. The zero-order valence-corrected chi connectivity index (χ0v) is 15.0. The molecule has 0 saturated carbocycles. The summed E-state index contributed by atoms with van der Waals surface area (Å²) in [5, 5.41) is 4.37. The van der Waals surface area contributed by atoms with Crippen LogP contribution < -0.4 is 0 Å². The fraction of sp³-hybridized carbons (Fsp3) is 0.765. The SMILES string of the molecule is CCn1nc(C)c(C(=O)OC[C@@H]2CN(CC(C)C)CCO2)c1C. The Labute approximate surface area is 138 Å². The number of carbonyl (C=O) groups is 1. The van der Waals surface area contributed by atoms with E-state index in [1.54, 1.807) is 0 Å². The number of ether oxygens (including phenoxy) is 2. The van der Waals surface area contributed by atoms with Crippen molar-refractivity contribution in [3.63, 3.8) is 0 Å². The topological polar surface area (TPSA) is 56.6 Å². The lowest BCUT2D eigenvalue weighted by Crippen LogP contribution is -2.45. The van der Waals surface area contributed by atoms with Crippen molar-refractivity contribution in [2.75, 3.05) is 32.8 Å². The van der Waals surface area contributed by atoms with E-state index in [1.165, 1.54) is 0 Å². The third-order valence-corrected chi connectivity index (χ3v) is 4.13. The normalized spacial score (nSPS) is 19.3. The Morgan fingerprint density at radius 2 is 2.17 bits per heavy atom. The molecule has 1 fully saturated rings. The van der Waals surface area contributed by atoms with Gasteiger partial charge >= 0.3 is 5.97 Å². The van der Waals surface area contributed by atoms with Crippen LogP contribution in [0.15, 0.2) is 0 Å². The van der Waals surface area contributed by atoms with Gasteiger partial charge in [-0.15, -0.1) is 0 Å². The van der Waals surface area contributed by atoms with Crippen LogP contribution in [0, 0.1) is 19.8 Å². The summed E-state index contributed by atoms with van der Waals surface area (Å²) in [6, 6.07) is 0. The van der Waals surface area contributed by atoms with E-state index in [0.29, 0.717) is 24.7 Å². The second-order valence-electron chi connectivity index (χ2n) is 6.61. The molecule has 6 nitrogen and oxygen atoms in total. The smallest absolute Gasteiger partial charge is 0.341 e.